The van der Waals surface area contributed by atoms with Crippen LogP contribution in [-0.2, 0) is 0 Å². The molecule has 3 heteroatoms. The molecule has 0 N–H and O–H groups in total. The Morgan fingerprint density at radius 3 is 2.26 bits per heavy atom. The van der Waals surface area contributed by atoms with Crippen LogP contribution in [0.15, 0.2) is 24.3 Å². The minimum absolute atomic E-state index is 0.209. The van der Waals surface area contributed by atoms with Crippen molar-refractivity contribution in [1.82, 2.24) is 0 Å². The molecule has 0 aliphatic heterocycles. The monoisotopic (exact) mass is 280 g/mol. The average Bonchev–Trinajstić information content (AvgIpc) is 2.27. The summed E-state index contributed by atoms with van der Waals surface area (Å²) in [5.41, 5.74) is 0. The van der Waals surface area contributed by atoms with Crippen LogP contribution in [0.4, 0.5) is 0 Å². The van der Waals surface area contributed by atoms with E-state index >= 15 is 0 Å². The number of rotatable bonds is 5. The summed E-state index contributed by atoms with van der Waals surface area (Å²) in [7, 11) is -1.77. The SMILES string of the molecule is CC[C@H](C)Oc1cccc(O[Si](C)(C)C(C)(C)C)c1. The van der Waals surface area contributed by atoms with E-state index in [0.29, 0.717) is 0 Å². The van der Waals surface area contributed by atoms with Crippen LogP contribution < -0.4 is 9.16 Å². The molecule has 1 atom stereocenters. The normalized spacial score (nSPS) is 14.1. The van der Waals surface area contributed by atoms with Crippen LogP contribution in [0, 0.1) is 0 Å². The first kappa shape index (κ1) is 16.1. The molecule has 0 saturated carbocycles. The van der Waals surface area contributed by atoms with Crippen LogP contribution in [0.3, 0.4) is 0 Å². The number of hydrogen-bond acceptors (Lipinski definition) is 2. The third-order valence-corrected chi connectivity index (χ3v) is 8.26. The molecule has 1 aromatic carbocycles. The Labute approximate surface area is 119 Å². The smallest absolute Gasteiger partial charge is 0.250 e. The molecule has 0 amide bonds. The fourth-order valence-electron chi connectivity index (χ4n) is 1.37. The van der Waals surface area contributed by atoms with Crippen LogP contribution in [0.25, 0.3) is 0 Å². The number of ether oxygens (including phenoxy) is 1. The van der Waals surface area contributed by atoms with Crippen molar-refractivity contribution in [2.24, 2.45) is 0 Å². The van der Waals surface area contributed by atoms with Crippen molar-refractivity contribution in [2.75, 3.05) is 0 Å². The summed E-state index contributed by atoms with van der Waals surface area (Å²) < 4.78 is 12.1. The average molecular weight is 280 g/mol. The fraction of sp³-hybridized carbons (Fsp3) is 0.625. The fourth-order valence-corrected chi connectivity index (χ4v) is 2.40. The predicted molar refractivity (Wildman–Crippen MR) is 84.6 cm³/mol. The molecule has 0 saturated heterocycles. The van der Waals surface area contributed by atoms with Crippen molar-refractivity contribution in [2.45, 2.75) is 65.3 Å². The molecule has 0 aliphatic carbocycles. The summed E-state index contributed by atoms with van der Waals surface area (Å²) in [4.78, 5) is 0. The second kappa shape index (κ2) is 5.99. The predicted octanol–water partition coefficient (Wildman–Crippen LogP) is 5.25. The molecule has 0 unspecified atom stereocenters. The van der Waals surface area contributed by atoms with E-state index in [1.165, 1.54) is 0 Å². The molecule has 108 valence electrons. The summed E-state index contributed by atoms with van der Waals surface area (Å²) in [6, 6.07) is 8.02. The second-order valence-corrected chi connectivity index (χ2v) is 11.4. The van der Waals surface area contributed by atoms with Gasteiger partial charge in [-0.3, -0.25) is 0 Å². The molecule has 19 heavy (non-hydrogen) atoms. The van der Waals surface area contributed by atoms with Crippen molar-refractivity contribution in [3.63, 3.8) is 0 Å². The largest absolute Gasteiger partial charge is 0.543 e. The summed E-state index contributed by atoms with van der Waals surface area (Å²) >= 11 is 0. The first-order valence-electron chi connectivity index (χ1n) is 7.11. The van der Waals surface area contributed by atoms with E-state index < -0.39 is 8.32 Å². The van der Waals surface area contributed by atoms with Gasteiger partial charge in [0.2, 0.25) is 8.32 Å². The summed E-state index contributed by atoms with van der Waals surface area (Å²) in [5, 5.41) is 0.209. The van der Waals surface area contributed by atoms with Gasteiger partial charge in [-0.25, -0.2) is 0 Å². The summed E-state index contributed by atoms with van der Waals surface area (Å²) in [6.07, 6.45) is 1.25. The van der Waals surface area contributed by atoms with Gasteiger partial charge in [0.1, 0.15) is 11.5 Å². The Bertz CT molecular complexity index is 407. The highest BCUT2D eigenvalue weighted by Crippen LogP contribution is 2.37. The van der Waals surface area contributed by atoms with Gasteiger partial charge in [0, 0.05) is 6.07 Å². The van der Waals surface area contributed by atoms with E-state index in [9.17, 15) is 0 Å². The zero-order valence-corrected chi connectivity index (χ0v) is 14.4. The third-order valence-electron chi connectivity index (χ3n) is 3.90. The maximum atomic E-state index is 6.28. The molecule has 1 rings (SSSR count). The van der Waals surface area contributed by atoms with Crippen LogP contribution in [0.2, 0.25) is 18.1 Å². The van der Waals surface area contributed by atoms with Crippen molar-refractivity contribution in [1.29, 1.82) is 0 Å². The lowest BCUT2D eigenvalue weighted by molar-refractivity contribution is 0.217. The van der Waals surface area contributed by atoms with Crippen molar-refractivity contribution in [3.05, 3.63) is 24.3 Å². The lowest BCUT2D eigenvalue weighted by Crippen LogP contribution is -2.43. The van der Waals surface area contributed by atoms with Crippen molar-refractivity contribution >= 4 is 8.32 Å². The van der Waals surface area contributed by atoms with Gasteiger partial charge >= 0.3 is 0 Å². The van der Waals surface area contributed by atoms with Crippen molar-refractivity contribution < 1.29 is 9.16 Å². The van der Waals surface area contributed by atoms with Crippen molar-refractivity contribution in [3.8, 4) is 11.5 Å². The van der Waals surface area contributed by atoms with Crippen LogP contribution >= 0.6 is 0 Å². The molecule has 0 fully saturated rings. The van der Waals surface area contributed by atoms with Gasteiger partial charge in [-0.2, -0.15) is 0 Å². The molecular weight excluding hydrogens is 252 g/mol. The van der Waals surface area contributed by atoms with Gasteiger partial charge in [-0.05, 0) is 43.6 Å². The van der Waals surface area contributed by atoms with E-state index in [1.807, 2.05) is 24.3 Å². The highest BCUT2D eigenvalue weighted by atomic mass is 28.4. The Morgan fingerprint density at radius 1 is 1.16 bits per heavy atom. The van der Waals surface area contributed by atoms with E-state index in [2.05, 4.69) is 47.7 Å². The highest BCUT2D eigenvalue weighted by Gasteiger charge is 2.38. The topological polar surface area (TPSA) is 18.5 Å². The maximum Gasteiger partial charge on any atom is 0.250 e. The highest BCUT2D eigenvalue weighted by molar-refractivity contribution is 6.74. The standard InChI is InChI=1S/C16H28O2Si/c1-8-13(2)17-14-10-9-11-15(12-14)18-19(6,7)16(3,4)5/h9-13H,8H2,1-7H3/t13-/m0/s1. The Hall–Kier alpha value is -0.963. The molecular formula is C16H28O2Si. The molecule has 0 heterocycles. The zero-order valence-electron chi connectivity index (χ0n) is 13.4. The first-order valence-corrected chi connectivity index (χ1v) is 10.0. The quantitative estimate of drug-likeness (QED) is 0.686. The van der Waals surface area contributed by atoms with Gasteiger partial charge in [-0.1, -0.05) is 33.8 Å². The second-order valence-electron chi connectivity index (χ2n) is 6.67. The number of hydrogen-bond donors (Lipinski definition) is 0. The molecule has 0 radical (unpaired) electrons. The minimum Gasteiger partial charge on any atom is -0.543 e. The van der Waals surface area contributed by atoms with E-state index in [0.717, 1.165) is 17.9 Å². The Balaban J connectivity index is 2.83. The van der Waals surface area contributed by atoms with Crippen LogP contribution in [-0.4, -0.2) is 14.4 Å². The maximum absolute atomic E-state index is 6.28. The lowest BCUT2D eigenvalue weighted by Gasteiger charge is -2.36. The molecule has 1 aromatic rings. The van der Waals surface area contributed by atoms with Gasteiger partial charge in [0.25, 0.3) is 0 Å². The third kappa shape index (κ3) is 4.57. The van der Waals surface area contributed by atoms with Gasteiger partial charge in [0.05, 0.1) is 6.10 Å². The van der Waals surface area contributed by atoms with Crippen LogP contribution in [0.1, 0.15) is 41.0 Å². The Kier molecular flexibility index (Phi) is 5.08. The van der Waals surface area contributed by atoms with E-state index in [1.54, 1.807) is 0 Å². The molecule has 0 aromatic heterocycles. The summed E-state index contributed by atoms with van der Waals surface area (Å²) in [5.74, 6) is 1.82. The lowest BCUT2D eigenvalue weighted by atomic mass is 10.2. The first-order chi connectivity index (χ1) is 8.65. The van der Waals surface area contributed by atoms with Gasteiger partial charge in [0.15, 0.2) is 0 Å². The molecule has 0 aliphatic rings. The van der Waals surface area contributed by atoms with Crippen LogP contribution in [0.5, 0.6) is 11.5 Å². The number of benzene rings is 1. The zero-order chi connectivity index (χ0) is 14.7. The van der Waals surface area contributed by atoms with E-state index in [-0.39, 0.29) is 11.1 Å². The van der Waals surface area contributed by atoms with E-state index in [4.69, 9.17) is 9.16 Å². The molecule has 0 bridgehead atoms. The molecule has 0 spiro atoms. The van der Waals surface area contributed by atoms with Gasteiger partial charge < -0.3 is 9.16 Å². The summed E-state index contributed by atoms with van der Waals surface area (Å²) in [6.45, 7) is 15.5. The molecule has 2 nitrogen and oxygen atoms in total. The minimum atomic E-state index is -1.77. The van der Waals surface area contributed by atoms with Gasteiger partial charge in [-0.15, -0.1) is 0 Å². The Morgan fingerprint density at radius 2 is 1.74 bits per heavy atom.